The molecule has 33 heavy (non-hydrogen) atoms. The number of fused-ring (bicyclic) bond motifs is 1. The van der Waals surface area contributed by atoms with Crippen LogP contribution >= 0.6 is 0 Å². The van der Waals surface area contributed by atoms with E-state index in [0.29, 0.717) is 11.1 Å². The number of carbonyl (C=O) groups excluding carboxylic acids is 1. The van der Waals surface area contributed by atoms with Gasteiger partial charge in [0.1, 0.15) is 12.0 Å². The van der Waals surface area contributed by atoms with Gasteiger partial charge in [0.15, 0.2) is 11.3 Å². The third-order valence-electron chi connectivity index (χ3n) is 4.91. The van der Waals surface area contributed by atoms with Crippen molar-refractivity contribution in [1.29, 1.82) is 0 Å². The van der Waals surface area contributed by atoms with Crippen molar-refractivity contribution < 1.29 is 18.0 Å². The van der Waals surface area contributed by atoms with Crippen molar-refractivity contribution in [2.45, 2.75) is 45.8 Å². The van der Waals surface area contributed by atoms with Crippen LogP contribution in [-0.2, 0) is 18.1 Å². The van der Waals surface area contributed by atoms with Crippen LogP contribution in [0.3, 0.4) is 0 Å². The first-order valence-corrected chi connectivity index (χ1v) is 10.1. The molecule has 4 aromatic rings. The van der Waals surface area contributed by atoms with Crippen molar-refractivity contribution in [3.8, 4) is 0 Å². The van der Waals surface area contributed by atoms with Gasteiger partial charge in [-0.15, -0.1) is 5.10 Å². The van der Waals surface area contributed by atoms with Crippen molar-refractivity contribution in [2.24, 2.45) is 0 Å². The largest absolute Gasteiger partial charge is 0.433 e. The quantitative estimate of drug-likeness (QED) is 0.495. The number of anilines is 1. The Morgan fingerprint density at radius 1 is 1.09 bits per heavy atom. The fourth-order valence-electron chi connectivity index (χ4n) is 3.26. The molecule has 1 aromatic carbocycles. The second-order valence-electron chi connectivity index (χ2n) is 8.78. The highest BCUT2D eigenvalue weighted by Crippen LogP contribution is 2.32. The zero-order valence-electron chi connectivity index (χ0n) is 18.5. The van der Waals surface area contributed by atoms with Crippen molar-refractivity contribution in [3.05, 3.63) is 70.9 Å². The third-order valence-corrected chi connectivity index (χ3v) is 4.91. The normalized spacial score (nSPS) is 12.3. The van der Waals surface area contributed by atoms with Crippen LogP contribution in [-0.4, -0.2) is 35.3 Å². The fraction of sp³-hybridized carbons (Fsp3) is 0.318. The minimum atomic E-state index is -4.67. The number of alkyl halides is 3. The van der Waals surface area contributed by atoms with Gasteiger partial charge in [-0.25, -0.2) is 19.2 Å². The Hall–Kier alpha value is -3.76. The maximum Gasteiger partial charge on any atom is 0.433 e. The van der Waals surface area contributed by atoms with Crippen molar-refractivity contribution in [1.82, 2.24) is 29.4 Å². The number of amides is 1. The summed E-state index contributed by atoms with van der Waals surface area (Å²) in [6.45, 7) is 7.71. The summed E-state index contributed by atoms with van der Waals surface area (Å²) in [5.74, 6) is -0.719. The maximum atomic E-state index is 13.6. The Labute approximate surface area is 187 Å². The van der Waals surface area contributed by atoms with Crippen LogP contribution < -0.4 is 5.32 Å². The lowest BCUT2D eigenvalue weighted by molar-refractivity contribution is -0.142. The lowest BCUT2D eigenvalue weighted by atomic mass is 9.91. The molecule has 1 amide bonds. The topological polar surface area (TPSA) is 90.0 Å². The van der Waals surface area contributed by atoms with Gasteiger partial charge in [-0.3, -0.25) is 10.1 Å². The molecule has 0 saturated heterocycles. The van der Waals surface area contributed by atoms with E-state index in [4.69, 9.17) is 0 Å². The maximum absolute atomic E-state index is 13.6. The highest BCUT2D eigenvalue weighted by Gasteiger charge is 2.36. The highest BCUT2D eigenvalue weighted by atomic mass is 19.4. The smallest absolute Gasteiger partial charge is 0.288 e. The number of hydrogen-bond acceptors (Lipinski definition) is 5. The zero-order valence-corrected chi connectivity index (χ0v) is 18.5. The number of carbonyl (C=O) groups is 1. The van der Waals surface area contributed by atoms with Crippen LogP contribution in [0.1, 0.15) is 53.8 Å². The Morgan fingerprint density at radius 3 is 2.52 bits per heavy atom. The van der Waals surface area contributed by atoms with E-state index in [1.54, 1.807) is 25.5 Å². The summed E-state index contributed by atoms with van der Waals surface area (Å²) in [6, 6.07) is 10.0. The molecule has 4 rings (SSSR count). The first-order chi connectivity index (χ1) is 15.4. The molecule has 0 spiro atoms. The van der Waals surface area contributed by atoms with Crippen LogP contribution in [0.2, 0.25) is 0 Å². The Kier molecular flexibility index (Phi) is 5.43. The fourth-order valence-corrected chi connectivity index (χ4v) is 3.26. The molecule has 0 fully saturated rings. The van der Waals surface area contributed by atoms with Crippen molar-refractivity contribution >= 4 is 17.5 Å². The highest BCUT2D eigenvalue weighted by molar-refractivity contribution is 6.02. The molecular weight excluding hydrogens is 435 g/mol. The summed E-state index contributed by atoms with van der Waals surface area (Å²) >= 11 is 0. The number of hydrogen-bond donors (Lipinski definition) is 1. The lowest BCUT2D eigenvalue weighted by Crippen LogP contribution is -2.20. The number of rotatable bonds is 4. The van der Waals surface area contributed by atoms with Gasteiger partial charge in [0.2, 0.25) is 5.95 Å². The van der Waals surface area contributed by atoms with Crippen molar-refractivity contribution in [2.75, 3.05) is 5.32 Å². The molecule has 0 aliphatic carbocycles. The van der Waals surface area contributed by atoms with E-state index >= 15 is 0 Å². The second-order valence-corrected chi connectivity index (χ2v) is 8.78. The summed E-state index contributed by atoms with van der Waals surface area (Å²) in [6.07, 6.45) is -3.21. The predicted molar refractivity (Wildman–Crippen MR) is 115 cm³/mol. The standard InChI is InChI=1S/C22H22F3N7O/c1-13-6-5-7-14(8-13)11-31-12-26-20(30-31)28-19(33)15-9-18-27-16(21(2,3)4)10-17(22(23,24)25)32(18)29-15/h5-10,12H,11H2,1-4H3,(H,28,30,33). The van der Waals surface area contributed by atoms with Gasteiger partial charge in [-0.1, -0.05) is 50.6 Å². The summed E-state index contributed by atoms with van der Waals surface area (Å²) in [5.41, 5.74) is 0.436. The van der Waals surface area contributed by atoms with Crippen molar-refractivity contribution in [3.63, 3.8) is 0 Å². The molecule has 0 bridgehead atoms. The number of nitrogens with one attached hydrogen (secondary N) is 1. The Bertz CT molecular complexity index is 1330. The molecule has 0 radical (unpaired) electrons. The molecule has 1 N–H and O–H groups in total. The monoisotopic (exact) mass is 457 g/mol. The number of nitrogens with zero attached hydrogens (tertiary/aromatic N) is 6. The van der Waals surface area contributed by atoms with E-state index in [2.05, 4.69) is 25.5 Å². The van der Waals surface area contributed by atoms with Gasteiger partial charge in [0.05, 0.1) is 12.2 Å². The number of halogens is 3. The molecule has 0 saturated carbocycles. The van der Waals surface area contributed by atoms with Crippen LogP contribution in [0.5, 0.6) is 0 Å². The van der Waals surface area contributed by atoms with E-state index in [1.807, 2.05) is 31.2 Å². The number of benzene rings is 1. The molecule has 0 aliphatic heterocycles. The summed E-state index contributed by atoms with van der Waals surface area (Å²) in [4.78, 5) is 21.0. The molecule has 172 valence electrons. The minimum absolute atomic E-state index is 0.0177. The first-order valence-electron chi connectivity index (χ1n) is 10.1. The van der Waals surface area contributed by atoms with E-state index in [9.17, 15) is 18.0 Å². The van der Waals surface area contributed by atoms with E-state index in [-0.39, 0.29) is 23.0 Å². The molecule has 0 aliphatic rings. The molecule has 0 atom stereocenters. The SMILES string of the molecule is Cc1cccc(Cn2cnc(NC(=O)c3cc4nc(C(C)(C)C)cc(C(F)(F)F)n4n3)n2)c1. The number of aromatic nitrogens is 6. The summed E-state index contributed by atoms with van der Waals surface area (Å²) < 4.78 is 43.1. The summed E-state index contributed by atoms with van der Waals surface area (Å²) in [5, 5.41) is 10.5. The van der Waals surface area contributed by atoms with Gasteiger partial charge in [-0.05, 0) is 18.6 Å². The molecule has 11 heteroatoms. The summed E-state index contributed by atoms with van der Waals surface area (Å²) in [7, 11) is 0. The third kappa shape index (κ3) is 4.86. The average Bonchev–Trinajstić information content (AvgIpc) is 3.32. The molecule has 3 aromatic heterocycles. The average molecular weight is 457 g/mol. The molecule has 8 nitrogen and oxygen atoms in total. The Morgan fingerprint density at radius 2 is 1.85 bits per heavy atom. The van der Waals surface area contributed by atoms with Crippen LogP contribution in [0.15, 0.2) is 42.7 Å². The Balaban J connectivity index is 1.59. The molecule has 0 unspecified atom stereocenters. The van der Waals surface area contributed by atoms with Gasteiger partial charge >= 0.3 is 6.18 Å². The van der Waals surface area contributed by atoms with Gasteiger partial charge < -0.3 is 0 Å². The minimum Gasteiger partial charge on any atom is -0.288 e. The van der Waals surface area contributed by atoms with E-state index < -0.39 is 23.2 Å². The zero-order chi connectivity index (χ0) is 24.0. The number of aryl methyl sites for hydroxylation is 1. The first kappa shape index (κ1) is 22.4. The predicted octanol–water partition coefficient (Wildman–Crippen LogP) is 4.25. The van der Waals surface area contributed by atoms with Crippen LogP contribution in [0.4, 0.5) is 19.1 Å². The molecule has 3 heterocycles. The van der Waals surface area contributed by atoms with E-state index in [0.717, 1.165) is 17.2 Å². The van der Waals surface area contributed by atoms with E-state index in [1.165, 1.54) is 12.4 Å². The van der Waals surface area contributed by atoms with Gasteiger partial charge in [0, 0.05) is 11.5 Å². The lowest BCUT2D eigenvalue weighted by Gasteiger charge is -2.19. The van der Waals surface area contributed by atoms with Gasteiger partial charge in [0.25, 0.3) is 5.91 Å². The molecular formula is C22H22F3N7O. The second kappa shape index (κ2) is 7.98. The van der Waals surface area contributed by atoms with Crippen LogP contribution in [0, 0.1) is 6.92 Å². The van der Waals surface area contributed by atoms with Gasteiger partial charge in [-0.2, -0.15) is 18.3 Å². The van der Waals surface area contributed by atoms with Crippen LogP contribution in [0.25, 0.3) is 5.65 Å².